The Morgan fingerprint density at radius 2 is 1.67 bits per heavy atom. The second kappa shape index (κ2) is 5.74. The molecule has 0 fully saturated rings. The molecule has 2 aromatic carbocycles. The molecular formula is C13H11F3N2O2S. The van der Waals surface area contributed by atoms with Crippen LogP contribution in [0.25, 0.3) is 0 Å². The van der Waals surface area contributed by atoms with Crippen molar-refractivity contribution in [2.45, 2.75) is 11.4 Å². The largest absolute Gasteiger partial charge is 0.399 e. The average molecular weight is 316 g/mol. The molecular weight excluding hydrogens is 305 g/mol. The van der Waals surface area contributed by atoms with Crippen molar-refractivity contribution in [2.24, 2.45) is 0 Å². The van der Waals surface area contributed by atoms with Crippen molar-refractivity contribution in [1.82, 2.24) is 4.72 Å². The van der Waals surface area contributed by atoms with Crippen LogP contribution in [0.5, 0.6) is 0 Å². The van der Waals surface area contributed by atoms with Gasteiger partial charge in [0.1, 0.15) is 10.7 Å². The van der Waals surface area contributed by atoms with Crippen LogP contribution in [0.3, 0.4) is 0 Å². The fourth-order valence-corrected chi connectivity index (χ4v) is 2.76. The van der Waals surface area contributed by atoms with Crippen molar-refractivity contribution in [3.05, 3.63) is 59.4 Å². The van der Waals surface area contributed by atoms with Crippen LogP contribution in [0.2, 0.25) is 0 Å². The minimum atomic E-state index is -4.31. The van der Waals surface area contributed by atoms with Crippen LogP contribution in [0, 0.1) is 17.5 Å². The number of nitrogens with two attached hydrogens (primary N) is 1. The number of hydrogen-bond acceptors (Lipinski definition) is 3. The predicted molar refractivity (Wildman–Crippen MR) is 71.2 cm³/mol. The van der Waals surface area contributed by atoms with Crippen molar-refractivity contribution in [3.63, 3.8) is 0 Å². The fourth-order valence-electron chi connectivity index (χ4n) is 1.67. The standard InChI is InChI=1S/C13H11F3N2O2S/c14-10-5-12(16)13(6-11(10)15)21(19,20)18-7-8-2-1-3-9(17)4-8/h1-6,18H,7,17H2. The fraction of sp³-hybridized carbons (Fsp3) is 0.0769. The molecule has 112 valence electrons. The normalized spacial score (nSPS) is 11.6. The number of hydrogen-bond donors (Lipinski definition) is 2. The first-order chi connectivity index (χ1) is 9.79. The first-order valence-electron chi connectivity index (χ1n) is 5.78. The Morgan fingerprint density at radius 3 is 2.33 bits per heavy atom. The van der Waals surface area contributed by atoms with Crippen molar-refractivity contribution >= 4 is 15.7 Å². The van der Waals surface area contributed by atoms with E-state index in [0.717, 1.165) is 0 Å². The molecule has 4 nitrogen and oxygen atoms in total. The third-order valence-corrected chi connectivity index (χ3v) is 4.10. The molecule has 0 spiro atoms. The van der Waals surface area contributed by atoms with Crippen LogP contribution >= 0.6 is 0 Å². The van der Waals surface area contributed by atoms with Gasteiger partial charge in [0.15, 0.2) is 11.6 Å². The van der Waals surface area contributed by atoms with Gasteiger partial charge in [0.05, 0.1) is 0 Å². The second-order valence-electron chi connectivity index (χ2n) is 4.27. The number of anilines is 1. The lowest BCUT2D eigenvalue weighted by Crippen LogP contribution is -2.24. The highest BCUT2D eigenvalue weighted by Crippen LogP contribution is 2.19. The molecule has 2 rings (SSSR count). The molecule has 0 aliphatic carbocycles. The first-order valence-corrected chi connectivity index (χ1v) is 7.26. The Balaban J connectivity index is 2.25. The Hall–Kier alpha value is -2.06. The molecule has 0 amide bonds. The van der Waals surface area contributed by atoms with Gasteiger partial charge >= 0.3 is 0 Å². The third kappa shape index (κ3) is 3.53. The van der Waals surface area contributed by atoms with E-state index < -0.39 is 32.4 Å². The van der Waals surface area contributed by atoms with Gasteiger partial charge in [-0.05, 0) is 23.8 Å². The summed E-state index contributed by atoms with van der Waals surface area (Å²) in [4.78, 5) is -0.953. The zero-order valence-electron chi connectivity index (χ0n) is 10.6. The lowest BCUT2D eigenvalue weighted by Gasteiger charge is -2.08. The van der Waals surface area contributed by atoms with Gasteiger partial charge in [0.25, 0.3) is 0 Å². The second-order valence-corrected chi connectivity index (χ2v) is 6.00. The van der Waals surface area contributed by atoms with Gasteiger partial charge in [-0.25, -0.2) is 26.3 Å². The van der Waals surface area contributed by atoms with E-state index in [4.69, 9.17) is 5.73 Å². The highest BCUT2D eigenvalue weighted by molar-refractivity contribution is 7.89. The average Bonchev–Trinajstić information content (AvgIpc) is 2.41. The lowest BCUT2D eigenvalue weighted by molar-refractivity contribution is 0.481. The lowest BCUT2D eigenvalue weighted by atomic mass is 10.2. The van der Waals surface area contributed by atoms with Crippen molar-refractivity contribution in [2.75, 3.05) is 5.73 Å². The van der Waals surface area contributed by atoms with Gasteiger partial charge in [-0.3, -0.25) is 0 Å². The molecule has 3 N–H and O–H groups in total. The molecule has 0 saturated carbocycles. The summed E-state index contributed by atoms with van der Waals surface area (Å²) >= 11 is 0. The molecule has 0 heterocycles. The molecule has 0 unspecified atom stereocenters. The van der Waals surface area contributed by atoms with E-state index in [1.165, 1.54) is 6.07 Å². The quantitative estimate of drug-likeness (QED) is 0.671. The van der Waals surface area contributed by atoms with Gasteiger partial charge < -0.3 is 5.73 Å². The van der Waals surface area contributed by atoms with E-state index in [1.54, 1.807) is 18.2 Å². The van der Waals surface area contributed by atoms with Crippen molar-refractivity contribution in [1.29, 1.82) is 0 Å². The number of nitrogens with one attached hydrogen (secondary N) is 1. The Bertz CT molecular complexity index is 779. The van der Waals surface area contributed by atoms with Crippen molar-refractivity contribution in [3.8, 4) is 0 Å². The Morgan fingerprint density at radius 1 is 1.00 bits per heavy atom. The number of sulfonamides is 1. The highest BCUT2D eigenvalue weighted by Gasteiger charge is 2.21. The summed E-state index contributed by atoms with van der Waals surface area (Å²) in [6.45, 7) is -0.161. The van der Waals surface area contributed by atoms with E-state index in [0.29, 0.717) is 17.3 Å². The number of halogens is 3. The van der Waals surface area contributed by atoms with E-state index >= 15 is 0 Å². The van der Waals surface area contributed by atoms with E-state index in [2.05, 4.69) is 4.72 Å². The summed E-state index contributed by atoms with van der Waals surface area (Å²) in [5.74, 6) is -4.27. The van der Waals surface area contributed by atoms with Crippen LogP contribution in [-0.2, 0) is 16.6 Å². The van der Waals surface area contributed by atoms with Crippen LogP contribution in [0.15, 0.2) is 41.3 Å². The van der Waals surface area contributed by atoms with Crippen LogP contribution < -0.4 is 10.5 Å². The van der Waals surface area contributed by atoms with Crippen molar-refractivity contribution < 1.29 is 21.6 Å². The highest BCUT2D eigenvalue weighted by atomic mass is 32.2. The van der Waals surface area contributed by atoms with E-state index in [-0.39, 0.29) is 12.6 Å². The van der Waals surface area contributed by atoms with Crippen LogP contribution in [0.4, 0.5) is 18.9 Å². The molecule has 0 radical (unpaired) electrons. The maximum atomic E-state index is 13.5. The monoisotopic (exact) mass is 316 g/mol. The maximum Gasteiger partial charge on any atom is 0.243 e. The predicted octanol–water partition coefficient (Wildman–Crippen LogP) is 2.16. The summed E-state index contributed by atoms with van der Waals surface area (Å²) in [5.41, 5.74) is 6.52. The molecule has 0 atom stereocenters. The van der Waals surface area contributed by atoms with E-state index in [1.807, 2.05) is 0 Å². The molecule has 0 aromatic heterocycles. The number of benzene rings is 2. The maximum absolute atomic E-state index is 13.5. The number of rotatable bonds is 4. The summed E-state index contributed by atoms with van der Waals surface area (Å²) in [5, 5.41) is 0. The SMILES string of the molecule is Nc1cccc(CNS(=O)(=O)c2cc(F)c(F)cc2F)c1. The Kier molecular flexibility index (Phi) is 4.19. The minimum absolute atomic E-state index is 0.161. The van der Waals surface area contributed by atoms with E-state index in [9.17, 15) is 21.6 Å². The van der Waals surface area contributed by atoms with Gasteiger partial charge in [0.2, 0.25) is 10.0 Å². The minimum Gasteiger partial charge on any atom is -0.399 e. The summed E-state index contributed by atoms with van der Waals surface area (Å²) in [7, 11) is -4.31. The van der Waals surface area contributed by atoms with Crippen LogP contribution in [0.1, 0.15) is 5.56 Å². The summed E-state index contributed by atoms with van der Waals surface area (Å²) in [6.07, 6.45) is 0. The zero-order chi connectivity index (χ0) is 15.6. The number of nitrogen functional groups attached to an aromatic ring is 1. The summed E-state index contributed by atoms with van der Waals surface area (Å²) in [6, 6.07) is 6.87. The molecule has 0 aliphatic rings. The van der Waals surface area contributed by atoms with Gasteiger partial charge in [-0.15, -0.1) is 0 Å². The van der Waals surface area contributed by atoms with Gasteiger partial charge in [-0.2, -0.15) is 0 Å². The van der Waals surface area contributed by atoms with Gasteiger partial charge in [0, 0.05) is 18.3 Å². The molecule has 2 aromatic rings. The van der Waals surface area contributed by atoms with Gasteiger partial charge in [-0.1, -0.05) is 12.1 Å². The smallest absolute Gasteiger partial charge is 0.243 e. The third-order valence-electron chi connectivity index (χ3n) is 2.68. The first kappa shape index (κ1) is 15.3. The molecule has 21 heavy (non-hydrogen) atoms. The molecule has 0 bridgehead atoms. The Labute approximate surface area is 119 Å². The summed E-state index contributed by atoms with van der Waals surface area (Å²) < 4.78 is 65.2. The molecule has 0 aliphatic heterocycles. The topological polar surface area (TPSA) is 72.2 Å². The molecule has 8 heteroatoms. The van der Waals surface area contributed by atoms with Crippen LogP contribution in [-0.4, -0.2) is 8.42 Å². The zero-order valence-corrected chi connectivity index (χ0v) is 11.4. The molecule has 0 saturated heterocycles.